The normalized spacial score (nSPS) is 11.6. The van der Waals surface area contributed by atoms with Crippen LogP contribution in [0.2, 0.25) is 30.1 Å². The lowest BCUT2D eigenvalue weighted by Gasteiger charge is -2.30. The number of benzene rings is 8. The SMILES string of the molecule is C=CC(=O)Nc1cc(N2CCOCC2)cc(C)c1Nc1ncc2cc(-c3c(Cl)c(OC)cc(OC)c3Cl)ccc2n1.C=CC(=O)Nc1cccc(C)c1Nc1ncc2cc(-c3c(Cl)c(OC)cc(OC)c3Cl)c(=O)n(C)c2n1.C=CC(=O)Nc1cccc(F)c1Nc1ncc2cc(-c3c(Cl)c(OC)cc(OC)c3Cl)cc(OC)c2n1. The van der Waals surface area contributed by atoms with Gasteiger partial charge in [-0.2, -0.15) is 4.98 Å². The smallest absolute Gasteiger partial charge is 0.259 e. The summed E-state index contributed by atoms with van der Waals surface area (Å²) >= 11 is 39.6. The summed E-state index contributed by atoms with van der Waals surface area (Å²) in [5.74, 6) is 1.62. The van der Waals surface area contributed by atoms with Gasteiger partial charge in [0.2, 0.25) is 35.6 Å². The van der Waals surface area contributed by atoms with E-state index >= 15 is 0 Å². The highest BCUT2D eigenvalue weighted by atomic mass is 35.5. The molecule has 592 valence electrons. The highest BCUT2D eigenvalue weighted by Crippen LogP contribution is 2.50. The Kier molecular flexibility index (Phi) is 27.1. The molecule has 5 heterocycles. The van der Waals surface area contributed by atoms with Crippen molar-refractivity contribution in [2.45, 2.75) is 13.8 Å². The van der Waals surface area contributed by atoms with Gasteiger partial charge in [0.1, 0.15) is 62.9 Å². The quantitative estimate of drug-likeness (QED) is 0.0324. The largest absolute Gasteiger partial charge is 0.495 e. The molecule has 1 saturated heterocycles. The lowest BCUT2D eigenvalue weighted by molar-refractivity contribution is -0.112. The molecule has 0 aliphatic carbocycles. The van der Waals surface area contributed by atoms with Gasteiger partial charge >= 0.3 is 0 Å². The molecule has 0 spiro atoms. The number of morpholine rings is 1. The molecule has 4 aromatic heterocycles. The van der Waals surface area contributed by atoms with E-state index in [1.54, 1.807) is 68.1 Å². The monoisotopic (exact) mass is 1670 g/mol. The Morgan fingerprint density at radius 3 is 1.45 bits per heavy atom. The molecule has 33 heteroatoms. The molecule has 0 bridgehead atoms. The van der Waals surface area contributed by atoms with Crippen LogP contribution in [0, 0.1) is 19.7 Å². The molecule has 115 heavy (non-hydrogen) atoms. The Morgan fingerprint density at radius 1 is 0.478 bits per heavy atom. The predicted molar refractivity (Wildman–Crippen MR) is 454 cm³/mol. The number of nitrogens with zero attached hydrogens (tertiary/aromatic N) is 8. The Morgan fingerprint density at radius 2 is 0.922 bits per heavy atom. The minimum absolute atomic E-state index is 0.00493. The Labute approximate surface area is 689 Å². The number of pyridine rings is 1. The summed E-state index contributed by atoms with van der Waals surface area (Å²) in [6, 6.07) is 29.3. The zero-order valence-corrected chi connectivity index (χ0v) is 67.9. The number of aromatic nitrogens is 7. The van der Waals surface area contributed by atoms with Crippen LogP contribution in [0.3, 0.4) is 0 Å². The molecule has 6 N–H and O–H groups in total. The number of hydrogen-bond donors (Lipinski definition) is 6. The van der Waals surface area contributed by atoms with Gasteiger partial charge in [0.05, 0.1) is 133 Å². The molecule has 1 aliphatic heterocycles. The number of aryl methyl sites for hydroxylation is 3. The third kappa shape index (κ3) is 18.2. The van der Waals surface area contributed by atoms with Crippen molar-refractivity contribution in [2.75, 3.05) is 113 Å². The number of hydrogen-bond acceptors (Lipinski definition) is 22. The second kappa shape index (κ2) is 37.2. The van der Waals surface area contributed by atoms with Gasteiger partial charge in [-0.25, -0.2) is 29.3 Å². The lowest BCUT2D eigenvalue weighted by atomic mass is 10.0. The van der Waals surface area contributed by atoms with Crippen molar-refractivity contribution < 1.29 is 56.7 Å². The molecule has 1 aliphatic rings. The zero-order chi connectivity index (χ0) is 82.6. The molecular formula is C82H73Cl6FN14O12. The molecule has 1 fully saturated rings. The number of ether oxygens (including phenoxy) is 8. The standard InChI is InChI=1S/C30H29Cl2N5O4.C26H21Cl2FN4O4.C26H23Cl2N5O4/c1-5-25(38)34-22-14-20(37-8-10-41-11-9-37)12-17(2)29(22)36-30-33-16-19-13-18(6-7-21(19)35-30)26-27(31)23(39-3)15-24(40-4)28(26)32;1-5-20(34)31-16-8-6-7-15(29)25(16)33-26-30-12-14-9-13(10-19(37-4)24(14)32-26)21-22(27)17(35-2)11-18(36-3)23(21)28;1-6-19(34)30-16-9-7-8-13(2)23(16)31-26-29-12-14-10-15(25(35)33(3)24(14)32-26)20-21(27)17(36-4)11-18(37-5)22(20)28/h5-7,12-16H,1,8-11H2,2-4H3,(H,34,38)(H,33,35,36);5-12H,1H2,2-4H3,(H,31,34)(H,30,32,33);6-12H,1H2,2-5H3,(H,30,34)(H,29,31,32). The van der Waals surface area contributed by atoms with E-state index in [0.717, 1.165) is 46.9 Å². The fraction of sp³-hybridized carbons (Fsp3) is 0.171. The first-order chi connectivity index (χ1) is 55.3. The van der Waals surface area contributed by atoms with E-state index < -0.39 is 11.7 Å². The van der Waals surface area contributed by atoms with Crippen LogP contribution in [-0.2, 0) is 26.2 Å². The number of amides is 3. The van der Waals surface area contributed by atoms with Crippen LogP contribution < -0.4 is 75.5 Å². The summed E-state index contributed by atoms with van der Waals surface area (Å²) in [4.78, 5) is 78.6. The van der Waals surface area contributed by atoms with Crippen LogP contribution >= 0.6 is 69.6 Å². The number of para-hydroxylation sites is 2. The molecule has 0 atom stereocenters. The first-order valence-electron chi connectivity index (χ1n) is 34.6. The highest BCUT2D eigenvalue weighted by molar-refractivity contribution is 6.43. The molecule has 0 radical (unpaired) electrons. The second-order valence-corrected chi connectivity index (χ2v) is 27.2. The fourth-order valence-corrected chi connectivity index (χ4v) is 14.4. The molecular weight excluding hydrogens is 1600 g/mol. The van der Waals surface area contributed by atoms with Crippen LogP contribution in [0.5, 0.6) is 40.2 Å². The fourth-order valence-electron chi connectivity index (χ4n) is 12.2. The van der Waals surface area contributed by atoms with E-state index in [-0.39, 0.29) is 61.8 Å². The van der Waals surface area contributed by atoms with E-state index in [4.69, 9.17) is 112 Å². The molecule has 0 unspecified atom stereocenters. The van der Waals surface area contributed by atoms with Crippen LogP contribution in [0.15, 0.2) is 164 Å². The molecule has 13 rings (SSSR count). The van der Waals surface area contributed by atoms with Gasteiger partial charge < -0.3 is 74.7 Å². The second-order valence-electron chi connectivity index (χ2n) is 24.9. The lowest BCUT2D eigenvalue weighted by Crippen LogP contribution is -2.36. The van der Waals surface area contributed by atoms with Gasteiger partial charge in [-0.15, -0.1) is 0 Å². The van der Waals surface area contributed by atoms with Gasteiger partial charge in [0, 0.05) is 95.5 Å². The number of nitrogens with one attached hydrogen (secondary N) is 6. The van der Waals surface area contributed by atoms with Crippen molar-refractivity contribution in [2.24, 2.45) is 7.05 Å². The maximum atomic E-state index is 14.6. The van der Waals surface area contributed by atoms with Crippen molar-refractivity contribution in [1.29, 1.82) is 0 Å². The average Bonchev–Trinajstić information content (AvgIpc) is 0.762. The maximum Gasteiger partial charge on any atom is 0.259 e. The number of fused-ring (bicyclic) bond motifs is 3. The number of anilines is 10. The summed E-state index contributed by atoms with van der Waals surface area (Å²) in [7, 11) is 12.1. The summed E-state index contributed by atoms with van der Waals surface area (Å²) in [6.45, 7) is 17.2. The minimum atomic E-state index is -0.607. The maximum absolute atomic E-state index is 14.6. The Hall–Kier alpha value is -12.2. The van der Waals surface area contributed by atoms with Gasteiger partial charge in [-0.1, -0.05) is 114 Å². The number of rotatable bonds is 23. The Bertz CT molecular complexity index is 5830. The van der Waals surface area contributed by atoms with Crippen molar-refractivity contribution in [3.8, 4) is 73.6 Å². The average molecular weight is 1680 g/mol. The predicted octanol–water partition coefficient (Wildman–Crippen LogP) is 18.8. The summed E-state index contributed by atoms with van der Waals surface area (Å²) in [5, 5.41) is 21.1. The van der Waals surface area contributed by atoms with Crippen molar-refractivity contribution in [3.05, 3.63) is 217 Å². The van der Waals surface area contributed by atoms with E-state index in [1.165, 1.54) is 84.7 Å². The van der Waals surface area contributed by atoms with E-state index in [1.807, 2.05) is 50.2 Å². The first-order valence-corrected chi connectivity index (χ1v) is 36.9. The molecule has 3 amide bonds. The molecule has 12 aromatic rings. The van der Waals surface area contributed by atoms with Crippen LogP contribution in [0.1, 0.15) is 11.1 Å². The van der Waals surface area contributed by atoms with Crippen molar-refractivity contribution in [1.82, 2.24) is 34.5 Å². The van der Waals surface area contributed by atoms with Crippen LogP contribution in [0.25, 0.3) is 66.2 Å². The molecule has 26 nitrogen and oxygen atoms in total. The third-order valence-corrected chi connectivity index (χ3v) is 20.2. The van der Waals surface area contributed by atoms with Gasteiger partial charge in [0.15, 0.2) is 0 Å². The summed E-state index contributed by atoms with van der Waals surface area (Å²) in [5.41, 5.74) is 9.51. The van der Waals surface area contributed by atoms with Gasteiger partial charge in [-0.05, 0) is 115 Å². The topological polar surface area (TPSA) is 300 Å². The first kappa shape index (κ1) is 83.7. The van der Waals surface area contributed by atoms with Crippen molar-refractivity contribution in [3.63, 3.8) is 0 Å². The Balaban J connectivity index is 0.000000170. The number of carbonyl (C=O) groups excluding carboxylic acids is 3. The third-order valence-electron chi connectivity index (χ3n) is 18.0. The van der Waals surface area contributed by atoms with Crippen LogP contribution in [0.4, 0.5) is 62.0 Å². The molecule has 0 saturated carbocycles. The van der Waals surface area contributed by atoms with E-state index in [9.17, 15) is 23.6 Å². The van der Waals surface area contributed by atoms with Gasteiger partial charge in [-0.3, -0.25) is 23.7 Å². The molecule has 8 aromatic carbocycles. The van der Waals surface area contributed by atoms with Gasteiger partial charge in [0.25, 0.3) is 5.56 Å². The van der Waals surface area contributed by atoms with E-state index in [0.29, 0.717) is 146 Å². The van der Waals surface area contributed by atoms with Crippen LogP contribution in [-0.4, -0.2) is 128 Å². The number of halogens is 7. The highest BCUT2D eigenvalue weighted by Gasteiger charge is 2.27. The minimum Gasteiger partial charge on any atom is -0.495 e. The van der Waals surface area contributed by atoms with E-state index in [2.05, 4.69) is 87.5 Å². The number of methoxy groups -OCH3 is 7. The van der Waals surface area contributed by atoms with Crippen molar-refractivity contribution >= 4 is 178 Å². The summed E-state index contributed by atoms with van der Waals surface area (Å²) in [6.07, 6.45) is 8.34. The summed E-state index contributed by atoms with van der Waals surface area (Å²) < 4.78 is 59.3. The zero-order valence-electron chi connectivity index (χ0n) is 63.4. The number of carbonyl (C=O) groups is 3.